The lowest BCUT2D eigenvalue weighted by atomic mass is 10.2. The first kappa shape index (κ1) is 9.01. The summed E-state index contributed by atoms with van der Waals surface area (Å²) in [5.41, 5.74) is 1.88. The number of nitrogens with zero attached hydrogens (tertiary/aromatic N) is 1. The van der Waals surface area contributed by atoms with Crippen LogP contribution in [-0.2, 0) is 0 Å². The average Bonchev–Trinajstić information content (AvgIpc) is 2.58. The smallest absolute Gasteiger partial charge is 0.129 e. The number of para-hydroxylation sites is 1. The van der Waals surface area contributed by atoms with Crippen molar-refractivity contribution < 1.29 is 0 Å². The van der Waals surface area contributed by atoms with Crippen LogP contribution in [0.15, 0.2) is 30.5 Å². The van der Waals surface area contributed by atoms with Crippen LogP contribution in [0.25, 0.3) is 21.8 Å². The zero-order valence-corrected chi connectivity index (χ0v) is 9.10. The first-order chi connectivity index (χ1) is 7.25. The van der Waals surface area contributed by atoms with E-state index >= 15 is 0 Å². The third kappa shape index (κ3) is 1.29. The molecule has 74 valence electrons. The van der Waals surface area contributed by atoms with Gasteiger partial charge in [0.05, 0.1) is 22.3 Å². The Hall–Kier alpha value is -1.25. The summed E-state index contributed by atoms with van der Waals surface area (Å²) in [7, 11) is 0. The summed E-state index contributed by atoms with van der Waals surface area (Å²) in [5, 5.41) is 3.32. The molecular weight excluding hydrogens is 231 g/mol. The summed E-state index contributed by atoms with van der Waals surface area (Å²) in [6.45, 7) is 0. The van der Waals surface area contributed by atoms with Crippen molar-refractivity contribution in [2.75, 3.05) is 0 Å². The predicted octanol–water partition coefficient (Wildman–Crippen LogP) is 4.02. The van der Waals surface area contributed by atoms with Gasteiger partial charge in [-0.2, -0.15) is 0 Å². The normalized spacial score (nSPS) is 11.3. The van der Waals surface area contributed by atoms with Gasteiger partial charge in [-0.05, 0) is 12.1 Å². The number of hydrogen-bond acceptors (Lipinski definition) is 1. The third-order valence-corrected chi connectivity index (χ3v) is 2.96. The van der Waals surface area contributed by atoms with Crippen molar-refractivity contribution in [3.63, 3.8) is 0 Å². The average molecular weight is 237 g/mol. The van der Waals surface area contributed by atoms with Crippen LogP contribution < -0.4 is 0 Å². The third-order valence-electron chi connectivity index (χ3n) is 2.43. The van der Waals surface area contributed by atoms with Gasteiger partial charge < -0.3 is 4.98 Å². The summed E-state index contributed by atoms with van der Waals surface area (Å²) in [4.78, 5) is 7.24. The van der Waals surface area contributed by atoms with E-state index in [1.165, 1.54) is 0 Å². The number of hydrogen-bond donors (Lipinski definition) is 1. The molecule has 15 heavy (non-hydrogen) atoms. The maximum absolute atomic E-state index is 6.08. The highest BCUT2D eigenvalue weighted by molar-refractivity contribution is 6.36. The lowest BCUT2D eigenvalue weighted by molar-refractivity contribution is 1.35. The van der Waals surface area contributed by atoms with Crippen LogP contribution in [0.3, 0.4) is 0 Å². The SMILES string of the molecule is Clc1cc2c(cn1)[nH]c1c(Cl)cccc12. The van der Waals surface area contributed by atoms with E-state index < -0.39 is 0 Å². The number of halogens is 2. The maximum Gasteiger partial charge on any atom is 0.129 e. The number of H-pyrrole nitrogens is 1. The second kappa shape index (κ2) is 3.12. The summed E-state index contributed by atoms with van der Waals surface area (Å²) in [6.07, 6.45) is 1.72. The van der Waals surface area contributed by atoms with Crippen molar-refractivity contribution in [3.05, 3.63) is 40.6 Å². The molecule has 2 aromatic heterocycles. The standard InChI is InChI=1S/C11H6Cl2N2/c12-8-3-1-2-6-7-4-10(13)14-5-9(7)15-11(6)8/h1-5,15H. The Kier molecular flexibility index (Phi) is 1.87. The minimum absolute atomic E-state index is 0.489. The number of rotatable bonds is 0. The van der Waals surface area contributed by atoms with E-state index in [0.717, 1.165) is 21.8 Å². The van der Waals surface area contributed by atoms with E-state index in [4.69, 9.17) is 23.2 Å². The van der Waals surface area contributed by atoms with Crippen LogP contribution in [0.2, 0.25) is 10.2 Å². The molecule has 0 saturated heterocycles. The minimum Gasteiger partial charge on any atom is -0.352 e. The molecule has 4 heteroatoms. The molecule has 0 fully saturated rings. The Morgan fingerprint density at radius 3 is 2.87 bits per heavy atom. The van der Waals surface area contributed by atoms with Crippen LogP contribution in [0.1, 0.15) is 0 Å². The Balaban J connectivity index is 2.58. The van der Waals surface area contributed by atoms with Crippen molar-refractivity contribution in [3.8, 4) is 0 Å². The Labute approximate surface area is 95.8 Å². The molecule has 0 aliphatic rings. The highest BCUT2D eigenvalue weighted by atomic mass is 35.5. The summed E-state index contributed by atoms with van der Waals surface area (Å²) in [5.74, 6) is 0. The summed E-state index contributed by atoms with van der Waals surface area (Å²) in [6, 6.07) is 7.63. The summed E-state index contributed by atoms with van der Waals surface area (Å²) < 4.78 is 0. The van der Waals surface area contributed by atoms with Gasteiger partial charge in [0.2, 0.25) is 0 Å². The van der Waals surface area contributed by atoms with Gasteiger partial charge in [0.1, 0.15) is 5.15 Å². The lowest BCUT2D eigenvalue weighted by Gasteiger charge is -1.92. The van der Waals surface area contributed by atoms with Crippen LogP contribution in [-0.4, -0.2) is 9.97 Å². The second-order valence-electron chi connectivity index (χ2n) is 3.34. The van der Waals surface area contributed by atoms with Gasteiger partial charge in [-0.1, -0.05) is 35.3 Å². The first-order valence-corrected chi connectivity index (χ1v) is 5.23. The molecule has 0 atom stereocenters. The maximum atomic E-state index is 6.08. The first-order valence-electron chi connectivity index (χ1n) is 4.47. The topological polar surface area (TPSA) is 28.7 Å². The zero-order chi connectivity index (χ0) is 10.4. The number of nitrogens with one attached hydrogen (secondary N) is 1. The number of benzene rings is 1. The molecule has 3 rings (SSSR count). The Morgan fingerprint density at radius 2 is 2.00 bits per heavy atom. The van der Waals surface area contributed by atoms with E-state index in [9.17, 15) is 0 Å². The molecule has 2 heterocycles. The van der Waals surface area contributed by atoms with Gasteiger partial charge in [-0.25, -0.2) is 4.98 Å². The van der Waals surface area contributed by atoms with Crippen molar-refractivity contribution >= 4 is 45.0 Å². The van der Waals surface area contributed by atoms with Gasteiger partial charge >= 0.3 is 0 Å². The molecule has 0 radical (unpaired) electrons. The Bertz CT molecular complexity index is 658. The monoisotopic (exact) mass is 236 g/mol. The fourth-order valence-electron chi connectivity index (χ4n) is 1.76. The van der Waals surface area contributed by atoms with Crippen LogP contribution in [0.5, 0.6) is 0 Å². The fourth-order valence-corrected chi connectivity index (χ4v) is 2.14. The number of fused-ring (bicyclic) bond motifs is 3. The molecular formula is C11H6Cl2N2. The van der Waals surface area contributed by atoms with Gasteiger partial charge in [-0.15, -0.1) is 0 Å². The molecule has 0 saturated carbocycles. The molecule has 3 aromatic rings. The molecule has 0 aliphatic heterocycles. The van der Waals surface area contributed by atoms with E-state index in [1.807, 2.05) is 24.3 Å². The molecule has 0 aliphatic carbocycles. The zero-order valence-electron chi connectivity index (χ0n) is 7.59. The lowest BCUT2D eigenvalue weighted by Crippen LogP contribution is -1.73. The molecule has 1 N–H and O–H groups in total. The Morgan fingerprint density at radius 1 is 1.13 bits per heavy atom. The summed E-state index contributed by atoms with van der Waals surface area (Å²) >= 11 is 11.9. The fraction of sp³-hybridized carbons (Fsp3) is 0. The second-order valence-corrected chi connectivity index (χ2v) is 4.13. The molecule has 0 spiro atoms. The number of aromatic amines is 1. The molecule has 0 amide bonds. The van der Waals surface area contributed by atoms with Gasteiger partial charge in [0, 0.05) is 10.8 Å². The van der Waals surface area contributed by atoms with Crippen LogP contribution >= 0.6 is 23.2 Å². The molecule has 2 nitrogen and oxygen atoms in total. The molecule has 0 unspecified atom stereocenters. The van der Waals surface area contributed by atoms with Gasteiger partial charge in [-0.3, -0.25) is 0 Å². The number of aromatic nitrogens is 2. The largest absolute Gasteiger partial charge is 0.352 e. The quantitative estimate of drug-likeness (QED) is 0.587. The van der Waals surface area contributed by atoms with Crippen molar-refractivity contribution in [2.45, 2.75) is 0 Å². The molecule has 1 aromatic carbocycles. The van der Waals surface area contributed by atoms with Crippen molar-refractivity contribution in [1.82, 2.24) is 9.97 Å². The molecule has 0 bridgehead atoms. The van der Waals surface area contributed by atoms with E-state index in [1.54, 1.807) is 6.20 Å². The highest BCUT2D eigenvalue weighted by Crippen LogP contribution is 2.30. The van der Waals surface area contributed by atoms with Crippen LogP contribution in [0, 0.1) is 0 Å². The number of pyridine rings is 1. The van der Waals surface area contributed by atoms with Crippen LogP contribution in [0.4, 0.5) is 0 Å². The van der Waals surface area contributed by atoms with E-state index in [2.05, 4.69) is 9.97 Å². The minimum atomic E-state index is 0.489. The highest BCUT2D eigenvalue weighted by Gasteiger charge is 2.07. The van der Waals surface area contributed by atoms with Gasteiger partial charge in [0.25, 0.3) is 0 Å². The van der Waals surface area contributed by atoms with E-state index in [0.29, 0.717) is 10.2 Å². The van der Waals surface area contributed by atoms with E-state index in [-0.39, 0.29) is 0 Å². The van der Waals surface area contributed by atoms with Crippen molar-refractivity contribution in [1.29, 1.82) is 0 Å². The van der Waals surface area contributed by atoms with Gasteiger partial charge in [0.15, 0.2) is 0 Å². The van der Waals surface area contributed by atoms with Crippen molar-refractivity contribution in [2.24, 2.45) is 0 Å². The predicted molar refractivity (Wildman–Crippen MR) is 63.6 cm³/mol.